The summed E-state index contributed by atoms with van der Waals surface area (Å²) < 4.78 is 25.2. The Bertz CT molecular complexity index is 846. The minimum absolute atomic E-state index is 0.0370. The van der Waals surface area contributed by atoms with Gasteiger partial charge in [0.15, 0.2) is 0 Å². The van der Waals surface area contributed by atoms with Crippen LogP contribution in [0.5, 0.6) is 0 Å². The molecule has 1 fully saturated rings. The van der Waals surface area contributed by atoms with Gasteiger partial charge in [0.2, 0.25) is 10.0 Å². The summed E-state index contributed by atoms with van der Waals surface area (Å²) in [5.41, 5.74) is 2.31. The SMILES string of the molecule is CC(C)c1ccc(N2CC(NS(C)(=O)=O)C2)c2cnc(Cl)cc12. The summed E-state index contributed by atoms with van der Waals surface area (Å²) in [7, 11) is -3.16. The van der Waals surface area contributed by atoms with Crippen molar-refractivity contribution in [2.24, 2.45) is 0 Å². The van der Waals surface area contributed by atoms with Crippen molar-refractivity contribution in [3.63, 3.8) is 0 Å². The smallest absolute Gasteiger partial charge is 0.209 e. The summed E-state index contributed by atoms with van der Waals surface area (Å²) in [5.74, 6) is 0.390. The van der Waals surface area contributed by atoms with Crippen molar-refractivity contribution in [1.82, 2.24) is 9.71 Å². The van der Waals surface area contributed by atoms with Crippen molar-refractivity contribution in [2.75, 3.05) is 24.2 Å². The van der Waals surface area contributed by atoms with E-state index in [2.05, 4.69) is 40.6 Å². The first-order chi connectivity index (χ1) is 10.7. The van der Waals surface area contributed by atoms with E-state index in [4.69, 9.17) is 11.6 Å². The molecule has 1 N–H and O–H groups in total. The van der Waals surface area contributed by atoms with Crippen LogP contribution in [0.2, 0.25) is 5.15 Å². The fourth-order valence-corrected chi connectivity index (χ4v) is 3.97. The van der Waals surface area contributed by atoms with Gasteiger partial charge in [-0.3, -0.25) is 0 Å². The molecule has 0 spiro atoms. The van der Waals surface area contributed by atoms with Gasteiger partial charge in [0, 0.05) is 30.4 Å². The molecule has 0 unspecified atom stereocenters. The van der Waals surface area contributed by atoms with Crippen LogP contribution in [-0.2, 0) is 10.0 Å². The predicted octanol–water partition coefficient (Wildman–Crippen LogP) is 2.75. The van der Waals surface area contributed by atoms with E-state index in [1.54, 1.807) is 6.20 Å². The van der Waals surface area contributed by atoms with Gasteiger partial charge in [-0.25, -0.2) is 18.1 Å². The number of sulfonamides is 1. The minimum atomic E-state index is -3.16. The summed E-state index contributed by atoms with van der Waals surface area (Å²) in [6.45, 7) is 5.62. The van der Waals surface area contributed by atoms with E-state index in [1.165, 1.54) is 11.8 Å². The van der Waals surface area contributed by atoms with Crippen LogP contribution in [0.15, 0.2) is 24.4 Å². The number of aromatic nitrogens is 1. The van der Waals surface area contributed by atoms with E-state index in [1.807, 2.05) is 6.07 Å². The van der Waals surface area contributed by atoms with E-state index in [-0.39, 0.29) is 6.04 Å². The molecule has 0 atom stereocenters. The second kappa shape index (κ2) is 5.92. The average molecular weight is 354 g/mol. The lowest BCUT2D eigenvalue weighted by Crippen LogP contribution is -2.59. The van der Waals surface area contributed by atoms with Gasteiger partial charge in [-0.1, -0.05) is 31.5 Å². The van der Waals surface area contributed by atoms with E-state index < -0.39 is 10.0 Å². The first-order valence-corrected chi connectivity index (χ1v) is 9.82. The van der Waals surface area contributed by atoms with Crippen molar-refractivity contribution >= 4 is 38.1 Å². The van der Waals surface area contributed by atoms with E-state index in [0.717, 1.165) is 16.5 Å². The molecule has 124 valence electrons. The molecule has 5 nitrogen and oxygen atoms in total. The largest absolute Gasteiger partial charge is 0.368 e. The molecule has 0 saturated carbocycles. The number of halogens is 1. The van der Waals surface area contributed by atoms with E-state index >= 15 is 0 Å². The molecule has 2 heterocycles. The van der Waals surface area contributed by atoms with Crippen LogP contribution in [0.4, 0.5) is 5.69 Å². The Morgan fingerprint density at radius 2 is 2.00 bits per heavy atom. The third kappa shape index (κ3) is 3.44. The van der Waals surface area contributed by atoms with Gasteiger partial charge in [-0.2, -0.15) is 0 Å². The molecule has 2 aromatic rings. The van der Waals surface area contributed by atoms with Gasteiger partial charge in [0.25, 0.3) is 0 Å². The second-order valence-electron chi connectivity index (χ2n) is 6.37. The molecule has 0 amide bonds. The Morgan fingerprint density at radius 1 is 1.30 bits per heavy atom. The molecular weight excluding hydrogens is 334 g/mol. The Labute approximate surface area is 141 Å². The lowest BCUT2D eigenvalue weighted by Gasteiger charge is -2.41. The van der Waals surface area contributed by atoms with E-state index in [9.17, 15) is 8.42 Å². The Hall–Kier alpha value is -1.37. The second-order valence-corrected chi connectivity index (χ2v) is 8.54. The van der Waals surface area contributed by atoms with Crippen molar-refractivity contribution < 1.29 is 8.42 Å². The van der Waals surface area contributed by atoms with E-state index in [0.29, 0.717) is 24.2 Å². The first kappa shape index (κ1) is 16.5. The molecule has 1 aliphatic heterocycles. The van der Waals surface area contributed by atoms with Crippen molar-refractivity contribution in [3.05, 3.63) is 35.1 Å². The normalized spacial score (nSPS) is 16.1. The quantitative estimate of drug-likeness (QED) is 0.858. The molecule has 0 aliphatic carbocycles. The molecule has 0 bridgehead atoms. The zero-order valence-electron chi connectivity index (χ0n) is 13.4. The third-order valence-electron chi connectivity index (χ3n) is 4.10. The maximum Gasteiger partial charge on any atom is 0.209 e. The van der Waals surface area contributed by atoms with Crippen LogP contribution in [0.1, 0.15) is 25.3 Å². The monoisotopic (exact) mass is 353 g/mol. The summed E-state index contributed by atoms with van der Waals surface area (Å²) in [6, 6.07) is 6.08. The number of rotatable bonds is 4. The standard InChI is InChI=1S/C16H20ClN3O2S/c1-10(2)12-4-5-15(14-7-18-16(17)6-13(12)14)20-8-11(9-20)19-23(3,21)22/h4-7,10-11,19H,8-9H2,1-3H3. The molecule has 1 saturated heterocycles. The number of benzene rings is 1. The number of anilines is 1. The van der Waals surface area contributed by atoms with Crippen LogP contribution < -0.4 is 9.62 Å². The van der Waals surface area contributed by atoms with Gasteiger partial charge in [-0.05, 0) is 29.0 Å². The van der Waals surface area contributed by atoms with Crippen LogP contribution in [0.3, 0.4) is 0 Å². The molecule has 7 heteroatoms. The Balaban J connectivity index is 1.93. The van der Waals surface area contributed by atoms with Crippen molar-refractivity contribution in [3.8, 4) is 0 Å². The van der Waals surface area contributed by atoms with Crippen molar-refractivity contribution in [1.29, 1.82) is 0 Å². The predicted molar refractivity (Wildman–Crippen MR) is 94.8 cm³/mol. The van der Waals surface area contributed by atoms with Crippen LogP contribution in [0, 0.1) is 0 Å². The fraction of sp³-hybridized carbons (Fsp3) is 0.438. The number of nitrogens with one attached hydrogen (secondary N) is 1. The zero-order valence-corrected chi connectivity index (χ0v) is 14.9. The summed E-state index contributed by atoms with van der Waals surface area (Å²) in [4.78, 5) is 6.37. The third-order valence-corrected chi connectivity index (χ3v) is 5.07. The molecule has 3 rings (SSSR count). The van der Waals surface area contributed by atoms with Crippen molar-refractivity contribution in [2.45, 2.75) is 25.8 Å². The molecular formula is C16H20ClN3O2S. The highest BCUT2D eigenvalue weighted by Crippen LogP contribution is 2.35. The topological polar surface area (TPSA) is 62.3 Å². The van der Waals surface area contributed by atoms with Gasteiger partial charge < -0.3 is 4.90 Å². The summed E-state index contributed by atoms with van der Waals surface area (Å²) in [6.07, 6.45) is 2.99. The fourth-order valence-electron chi connectivity index (χ4n) is 3.05. The van der Waals surface area contributed by atoms with Gasteiger partial charge in [0.1, 0.15) is 5.15 Å². The maximum absolute atomic E-state index is 11.3. The number of fused-ring (bicyclic) bond motifs is 1. The first-order valence-electron chi connectivity index (χ1n) is 7.55. The number of hydrogen-bond acceptors (Lipinski definition) is 4. The van der Waals surface area contributed by atoms with Crippen LogP contribution in [-0.4, -0.2) is 38.8 Å². The lowest BCUT2D eigenvalue weighted by molar-refractivity contribution is 0.472. The highest BCUT2D eigenvalue weighted by atomic mass is 35.5. The average Bonchev–Trinajstić information content (AvgIpc) is 2.40. The highest BCUT2D eigenvalue weighted by Gasteiger charge is 2.30. The van der Waals surface area contributed by atoms with Gasteiger partial charge in [0.05, 0.1) is 12.3 Å². The van der Waals surface area contributed by atoms with Crippen LogP contribution >= 0.6 is 11.6 Å². The molecule has 0 radical (unpaired) electrons. The maximum atomic E-state index is 11.3. The number of hydrogen-bond donors (Lipinski definition) is 1. The molecule has 23 heavy (non-hydrogen) atoms. The van der Waals surface area contributed by atoms with Crippen LogP contribution in [0.25, 0.3) is 10.8 Å². The summed E-state index contributed by atoms with van der Waals surface area (Å²) >= 11 is 6.07. The zero-order chi connectivity index (χ0) is 16.8. The molecule has 1 aromatic carbocycles. The lowest BCUT2D eigenvalue weighted by atomic mass is 9.95. The number of pyridine rings is 1. The Morgan fingerprint density at radius 3 is 2.61 bits per heavy atom. The van der Waals surface area contributed by atoms with Gasteiger partial charge in [-0.15, -0.1) is 0 Å². The molecule has 1 aromatic heterocycles. The number of nitrogens with zero attached hydrogens (tertiary/aromatic N) is 2. The summed E-state index contributed by atoms with van der Waals surface area (Å²) in [5, 5.41) is 2.65. The highest BCUT2D eigenvalue weighted by molar-refractivity contribution is 7.88. The molecule has 1 aliphatic rings. The Kier molecular flexibility index (Phi) is 4.25. The minimum Gasteiger partial charge on any atom is -0.368 e. The van der Waals surface area contributed by atoms with Gasteiger partial charge >= 0.3 is 0 Å².